The smallest absolute Gasteiger partial charge is 0.176 e. The SMILES string of the molecule is CCCCCO[SiH](CC)CCCC. The van der Waals surface area contributed by atoms with E-state index in [0.717, 1.165) is 6.61 Å². The van der Waals surface area contributed by atoms with Crippen LogP contribution in [0.3, 0.4) is 0 Å². The molecule has 0 bridgehead atoms. The molecule has 0 saturated heterocycles. The third-order valence-electron chi connectivity index (χ3n) is 2.44. The van der Waals surface area contributed by atoms with Gasteiger partial charge in [0.25, 0.3) is 0 Å². The minimum atomic E-state index is -0.773. The van der Waals surface area contributed by atoms with Crippen LogP contribution in [0.2, 0.25) is 12.1 Å². The topological polar surface area (TPSA) is 9.23 Å². The Morgan fingerprint density at radius 2 is 1.62 bits per heavy atom. The van der Waals surface area contributed by atoms with Crippen LogP contribution in [0.1, 0.15) is 52.9 Å². The molecule has 0 aromatic carbocycles. The Kier molecular flexibility index (Phi) is 10.4. The maximum absolute atomic E-state index is 5.93. The van der Waals surface area contributed by atoms with E-state index < -0.39 is 9.04 Å². The molecule has 0 aliphatic rings. The molecule has 1 unspecified atom stereocenters. The van der Waals surface area contributed by atoms with Crippen molar-refractivity contribution in [1.29, 1.82) is 0 Å². The average molecular weight is 202 g/mol. The number of unbranched alkanes of at least 4 members (excludes halogenated alkanes) is 3. The van der Waals surface area contributed by atoms with Crippen molar-refractivity contribution in [3.05, 3.63) is 0 Å². The lowest BCUT2D eigenvalue weighted by molar-refractivity contribution is 0.306. The molecule has 2 heteroatoms. The van der Waals surface area contributed by atoms with Gasteiger partial charge in [-0.25, -0.2) is 0 Å². The van der Waals surface area contributed by atoms with E-state index in [1.54, 1.807) is 0 Å². The molecule has 0 radical (unpaired) electrons. The first-order chi connectivity index (χ1) is 6.35. The maximum atomic E-state index is 5.93. The molecule has 13 heavy (non-hydrogen) atoms. The zero-order valence-corrected chi connectivity index (χ0v) is 10.8. The van der Waals surface area contributed by atoms with Gasteiger partial charge in [-0.2, -0.15) is 0 Å². The summed E-state index contributed by atoms with van der Waals surface area (Å²) in [7, 11) is -0.773. The van der Waals surface area contributed by atoms with E-state index in [0.29, 0.717) is 0 Å². The molecule has 0 fully saturated rings. The molecule has 0 aliphatic carbocycles. The van der Waals surface area contributed by atoms with Crippen LogP contribution in [0.25, 0.3) is 0 Å². The van der Waals surface area contributed by atoms with Crippen molar-refractivity contribution < 1.29 is 4.43 Å². The van der Waals surface area contributed by atoms with Crippen molar-refractivity contribution in [1.82, 2.24) is 0 Å². The third-order valence-corrected chi connectivity index (χ3v) is 5.11. The first-order valence-corrected chi connectivity index (χ1v) is 8.07. The quantitative estimate of drug-likeness (QED) is 0.409. The van der Waals surface area contributed by atoms with Crippen LogP contribution < -0.4 is 0 Å². The zero-order valence-electron chi connectivity index (χ0n) is 9.64. The van der Waals surface area contributed by atoms with Crippen molar-refractivity contribution in [3.8, 4) is 0 Å². The van der Waals surface area contributed by atoms with Crippen LogP contribution in [0, 0.1) is 0 Å². The second kappa shape index (κ2) is 10.3. The van der Waals surface area contributed by atoms with E-state index in [9.17, 15) is 0 Å². The van der Waals surface area contributed by atoms with Gasteiger partial charge in [-0.1, -0.05) is 46.5 Å². The Hall–Kier alpha value is 0.177. The fourth-order valence-corrected chi connectivity index (χ4v) is 3.61. The summed E-state index contributed by atoms with van der Waals surface area (Å²) < 4.78 is 5.93. The van der Waals surface area contributed by atoms with Gasteiger partial charge in [0.1, 0.15) is 0 Å². The summed E-state index contributed by atoms with van der Waals surface area (Å²) in [5.41, 5.74) is 0. The number of rotatable bonds is 9. The molecule has 0 saturated carbocycles. The Labute approximate surface area is 85.6 Å². The molecule has 1 atom stereocenters. The molecule has 0 spiro atoms. The minimum absolute atomic E-state index is 0.773. The molecular weight excluding hydrogens is 176 g/mol. The molecule has 80 valence electrons. The lowest BCUT2D eigenvalue weighted by atomic mass is 10.3. The molecule has 0 heterocycles. The Balaban J connectivity index is 3.25. The van der Waals surface area contributed by atoms with Gasteiger partial charge >= 0.3 is 0 Å². The highest BCUT2D eigenvalue weighted by atomic mass is 28.3. The van der Waals surface area contributed by atoms with Crippen LogP contribution in [-0.2, 0) is 4.43 Å². The predicted octanol–water partition coefficient (Wildman–Crippen LogP) is 3.74. The Morgan fingerprint density at radius 3 is 2.15 bits per heavy atom. The molecule has 0 aliphatic heterocycles. The van der Waals surface area contributed by atoms with Gasteiger partial charge in [0.2, 0.25) is 0 Å². The van der Waals surface area contributed by atoms with Gasteiger partial charge in [0.05, 0.1) is 0 Å². The van der Waals surface area contributed by atoms with Crippen molar-refractivity contribution in [2.24, 2.45) is 0 Å². The molecule has 0 aromatic rings. The minimum Gasteiger partial charge on any atom is -0.420 e. The molecule has 0 N–H and O–H groups in total. The van der Waals surface area contributed by atoms with Gasteiger partial charge in [-0.3, -0.25) is 0 Å². The highest BCUT2D eigenvalue weighted by molar-refractivity contribution is 6.51. The summed E-state index contributed by atoms with van der Waals surface area (Å²) in [4.78, 5) is 0. The highest BCUT2D eigenvalue weighted by Crippen LogP contribution is 2.07. The van der Waals surface area contributed by atoms with E-state index in [1.165, 1.54) is 44.2 Å². The van der Waals surface area contributed by atoms with Gasteiger partial charge in [0, 0.05) is 6.61 Å². The fourth-order valence-electron chi connectivity index (χ4n) is 1.44. The van der Waals surface area contributed by atoms with E-state index in [1.807, 2.05) is 0 Å². The molecule has 0 amide bonds. The van der Waals surface area contributed by atoms with Crippen molar-refractivity contribution in [3.63, 3.8) is 0 Å². The van der Waals surface area contributed by atoms with Gasteiger partial charge in [0.15, 0.2) is 9.04 Å². The number of hydrogen-bond donors (Lipinski definition) is 0. The van der Waals surface area contributed by atoms with Gasteiger partial charge in [-0.15, -0.1) is 0 Å². The van der Waals surface area contributed by atoms with E-state index in [-0.39, 0.29) is 0 Å². The predicted molar refractivity (Wildman–Crippen MR) is 62.8 cm³/mol. The van der Waals surface area contributed by atoms with Crippen molar-refractivity contribution in [2.45, 2.75) is 65.0 Å². The van der Waals surface area contributed by atoms with Crippen molar-refractivity contribution in [2.75, 3.05) is 6.61 Å². The number of hydrogen-bond acceptors (Lipinski definition) is 1. The standard InChI is InChI=1S/C11H26OSi/c1-4-7-9-10-12-13(6-3)11-8-5-2/h13H,4-11H2,1-3H3. The summed E-state index contributed by atoms with van der Waals surface area (Å²) >= 11 is 0. The Morgan fingerprint density at radius 1 is 0.923 bits per heavy atom. The normalized spacial score (nSPS) is 13.2. The zero-order chi connectivity index (χ0) is 9.94. The summed E-state index contributed by atoms with van der Waals surface area (Å²) in [5.74, 6) is 0. The van der Waals surface area contributed by atoms with Crippen LogP contribution in [0.4, 0.5) is 0 Å². The van der Waals surface area contributed by atoms with Gasteiger partial charge < -0.3 is 4.43 Å². The molecule has 0 aromatic heterocycles. The third kappa shape index (κ3) is 8.51. The summed E-state index contributed by atoms with van der Waals surface area (Å²) in [6.07, 6.45) is 6.60. The molecular formula is C11H26OSi. The summed E-state index contributed by atoms with van der Waals surface area (Å²) in [6, 6.07) is 2.70. The second-order valence-corrected chi connectivity index (χ2v) is 6.72. The van der Waals surface area contributed by atoms with Gasteiger partial charge in [-0.05, 0) is 18.5 Å². The monoisotopic (exact) mass is 202 g/mol. The second-order valence-electron chi connectivity index (χ2n) is 3.75. The van der Waals surface area contributed by atoms with Crippen LogP contribution in [0.5, 0.6) is 0 Å². The molecule has 1 nitrogen and oxygen atoms in total. The van der Waals surface area contributed by atoms with E-state index in [2.05, 4.69) is 20.8 Å². The highest BCUT2D eigenvalue weighted by Gasteiger charge is 2.07. The summed E-state index contributed by atoms with van der Waals surface area (Å²) in [6.45, 7) is 7.82. The average Bonchev–Trinajstić information content (AvgIpc) is 2.17. The lowest BCUT2D eigenvalue weighted by Gasteiger charge is -2.13. The van der Waals surface area contributed by atoms with Crippen molar-refractivity contribution >= 4 is 9.04 Å². The molecule has 0 rings (SSSR count). The largest absolute Gasteiger partial charge is 0.420 e. The summed E-state index contributed by atoms with van der Waals surface area (Å²) in [5, 5.41) is 0. The van der Waals surface area contributed by atoms with E-state index >= 15 is 0 Å². The fraction of sp³-hybridized carbons (Fsp3) is 1.00. The lowest BCUT2D eigenvalue weighted by Crippen LogP contribution is -2.17. The Bertz CT molecular complexity index is 96.1. The first kappa shape index (κ1) is 13.2. The van der Waals surface area contributed by atoms with E-state index in [4.69, 9.17) is 4.43 Å². The van der Waals surface area contributed by atoms with Crippen LogP contribution in [0.15, 0.2) is 0 Å². The van der Waals surface area contributed by atoms with Crippen LogP contribution >= 0.6 is 0 Å². The first-order valence-electron chi connectivity index (χ1n) is 5.96. The maximum Gasteiger partial charge on any atom is 0.176 e. The van der Waals surface area contributed by atoms with Crippen LogP contribution in [-0.4, -0.2) is 15.6 Å².